The summed E-state index contributed by atoms with van der Waals surface area (Å²) in [6.07, 6.45) is 6.29. The number of likely N-dealkylation sites (tertiary alicyclic amines) is 2. The Kier molecular flexibility index (Phi) is 10.9. The first-order valence-corrected chi connectivity index (χ1v) is 18.9. The van der Waals surface area contributed by atoms with Crippen molar-refractivity contribution in [2.45, 2.75) is 62.3 Å². The number of nitrogens with one attached hydrogen (secondary N) is 1. The van der Waals surface area contributed by atoms with Crippen LogP contribution in [-0.4, -0.2) is 82.2 Å². The number of hydrogen-bond acceptors (Lipinski definition) is 5. The molecule has 2 aliphatic rings. The summed E-state index contributed by atoms with van der Waals surface area (Å²) in [6, 6.07) is 36.7. The van der Waals surface area contributed by atoms with Gasteiger partial charge in [0.1, 0.15) is 17.9 Å². The molecule has 0 spiro atoms. The molecule has 7 rings (SSSR count). The standard InChI is InChI=1S/C45H51N6O2/c1-6-37-27-28-39(51(37)45(53)42(49(4)5)36-16-11-8-12-17-36)34-25-21-32(22-26-34)31-19-23-33(24-20-31)38-30-46-43(47-38)40-18-13-29-50(40)44(52)41(48(2)3)35-14-9-7-10-15-35/h7-12,14-17,19-26,30,37,39-42H,1,6,13,18,27-29H2,2-5H3,(H,46,47)/t37-,39?,40-,41+,42+/m0/s1. The van der Waals surface area contributed by atoms with Crippen molar-refractivity contribution in [1.82, 2.24) is 29.6 Å². The third kappa shape index (κ3) is 7.44. The molecule has 1 N–H and O–H groups in total. The predicted molar refractivity (Wildman–Crippen MR) is 211 cm³/mol. The van der Waals surface area contributed by atoms with Crippen LogP contribution in [0.3, 0.4) is 0 Å². The molecule has 5 atom stereocenters. The largest absolute Gasteiger partial charge is 0.340 e. The van der Waals surface area contributed by atoms with E-state index >= 15 is 0 Å². The summed E-state index contributed by atoms with van der Waals surface area (Å²) in [6.45, 7) is 4.93. The van der Waals surface area contributed by atoms with Crippen molar-refractivity contribution < 1.29 is 9.59 Å². The third-order valence-electron chi connectivity index (χ3n) is 11.1. The Morgan fingerprint density at radius 1 is 0.717 bits per heavy atom. The highest BCUT2D eigenvalue weighted by Gasteiger charge is 2.41. The minimum Gasteiger partial charge on any atom is -0.340 e. The van der Waals surface area contributed by atoms with Crippen LogP contribution in [0.25, 0.3) is 22.4 Å². The van der Waals surface area contributed by atoms with Gasteiger partial charge in [-0.15, -0.1) is 0 Å². The smallest absolute Gasteiger partial charge is 0.245 e. The van der Waals surface area contributed by atoms with Gasteiger partial charge in [0.25, 0.3) is 0 Å². The minimum absolute atomic E-state index is 0.0182. The number of rotatable bonds is 11. The molecule has 2 aliphatic heterocycles. The van der Waals surface area contributed by atoms with E-state index in [4.69, 9.17) is 4.98 Å². The van der Waals surface area contributed by atoms with Gasteiger partial charge in [-0.1, -0.05) is 116 Å². The van der Waals surface area contributed by atoms with E-state index in [1.807, 2.05) is 110 Å². The minimum atomic E-state index is -0.343. The fraction of sp³-hybridized carbons (Fsp3) is 0.333. The van der Waals surface area contributed by atoms with Gasteiger partial charge in [-0.3, -0.25) is 19.4 Å². The van der Waals surface area contributed by atoms with Crippen LogP contribution in [0.15, 0.2) is 115 Å². The Balaban J connectivity index is 1.05. The second-order valence-electron chi connectivity index (χ2n) is 14.9. The van der Waals surface area contributed by atoms with Crippen LogP contribution < -0.4 is 0 Å². The zero-order valence-corrected chi connectivity index (χ0v) is 31.4. The maximum atomic E-state index is 14.2. The molecule has 2 fully saturated rings. The lowest BCUT2D eigenvalue weighted by Crippen LogP contribution is -2.44. The van der Waals surface area contributed by atoms with E-state index in [-0.39, 0.29) is 42.0 Å². The average molecular weight is 708 g/mol. The maximum Gasteiger partial charge on any atom is 0.245 e. The Hall–Kier alpha value is -5.05. The summed E-state index contributed by atoms with van der Waals surface area (Å²) in [4.78, 5) is 44.6. The van der Waals surface area contributed by atoms with Gasteiger partial charge in [0.2, 0.25) is 11.8 Å². The fourth-order valence-corrected chi connectivity index (χ4v) is 8.43. The summed E-state index contributed by atoms with van der Waals surface area (Å²) in [5.74, 6) is 1.07. The van der Waals surface area contributed by atoms with Crippen molar-refractivity contribution in [2.24, 2.45) is 0 Å². The van der Waals surface area contributed by atoms with Gasteiger partial charge in [-0.2, -0.15) is 0 Å². The molecule has 5 aromatic rings. The van der Waals surface area contributed by atoms with E-state index in [1.165, 1.54) is 0 Å². The summed E-state index contributed by atoms with van der Waals surface area (Å²) < 4.78 is 0. The van der Waals surface area contributed by atoms with Gasteiger partial charge < -0.3 is 14.8 Å². The number of benzene rings is 4. The average Bonchev–Trinajstić information content (AvgIpc) is 3.96. The highest BCUT2D eigenvalue weighted by molar-refractivity contribution is 5.85. The first-order valence-electron chi connectivity index (χ1n) is 18.9. The molecule has 8 nitrogen and oxygen atoms in total. The predicted octanol–water partition coefficient (Wildman–Crippen LogP) is 8.27. The lowest BCUT2D eigenvalue weighted by atomic mass is 9.97. The van der Waals surface area contributed by atoms with Gasteiger partial charge in [0.15, 0.2) is 0 Å². The molecule has 0 bridgehead atoms. The summed E-state index contributed by atoms with van der Waals surface area (Å²) in [7, 11) is 7.88. The van der Waals surface area contributed by atoms with Crippen molar-refractivity contribution in [1.29, 1.82) is 0 Å². The van der Waals surface area contributed by atoms with Crippen molar-refractivity contribution in [3.8, 4) is 22.4 Å². The van der Waals surface area contributed by atoms with Crippen molar-refractivity contribution in [2.75, 3.05) is 34.7 Å². The molecule has 1 radical (unpaired) electrons. The molecule has 0 aliphatic carbocycles. The van der Waals surface area contributed by atoms with E-state index in [2.05, 4.69) is 65.3 Å². The first-order chi connectivity index (χ1) is 25.7. The van der Waals surface area contributed by atoms with Crippen LogP contribution in [0, 0.1) is 6.92 Å². The van der Waals surface area contributed by atoms with Gasteiger partial charge in [-0.05, 0) is 93.7 Å². The maximum absolute atomic E-state index is 14.2. The number of likely N-dealkylation sites (N-methyl/N-ethyl adjacent to an activating group) is 2. The van der Waals surface area contributed by atoms with E-state index < -0.39 is 0 Å². The first kappa shape index (κ1) is 36.3. The Bertz CT molecular complexity index is 1970. The molecule has 53 heavy (non-hydrogen) atoms. The number of hydrogen-bond donors (Lipinski definition) is 1. The molecule has 2 amide bonds. The molecule has 4 aromatic carbocycles. The number of nitrogens with zero attached hydrogens (tertiary/aromatic N) is 5. The second kappa shape index (κ2) is 15.9. The van der Waals surface area contributed by atoms with Gasteiger partial charge >= 0.3 is 0 Å². The van der Waals surface area contributed by atoms with Crippen molar-refractivity contribution in [3.63, 3.8) is 0 Å². The fourth-order valence-electron chi connectivity index (χ4n) is 8.43. The number of H-pyrrole nitrogens is 1. The number of carbonyl (C=O) groups is 2. The number of aromatic nitrogens is 2. The van der Waals surface area contributed by atoms with E-state index in [1.54, 1.807) is 0 Å². The van der Waals surface area contributed by atoms with E-state index in [0.29, 0.717) is 6.42 Å². The van der Waals surface area contributed by atoms with Gasteiger partial charge in [-0.25, -0.2) is 4.98 Å². The SMILES string of the molecule is [CH2]C[C@H]1CCC(c2ccc(-c3ccc(-c4cnc([C@@H]5CCCN5C(=O)[C@@H](c5ccccc5)N(C)C)[nH]4)cc3)cc2)N1C(=O)[C@@H](c1ccccc1)N(C)C. The molecule has 1 aromatic heterocycles. The molecular formula is C45H51N6O2. The summed E-state index contributed by atoms with van der Waals surface area (Å²) in [5.41, 5.74) is 7.39. The van der Waals surface area contributed by atoms with Crippen LogP contribution >= 0.6 is 0 Å². The number of amides is 2. The molecule has 2 saturated heterocycles. The van der Waals surface area contributed by atoms with Crippen LogP contribution in [-0.2, 0) is 9.59 Å². The third-order valence-corrected chi connectivity index (χ3v) is 11.1. The topological polar surface area (TPSA) is 75.8 Å². The molecular weight excluding hydrogens is 657 g/mol. The monoisotopic (exact) mass is 707 g/mol. The molecule has 3 heterocycles. The van der Waals surface area contributed by atoms with Crippen molar-refractivity contribution >= 4 is 11.8 Å². The summed E-state index contributed by atoms with van der Waals surface area (Å²) >= 11 is 0. The number of imidazole rings is 1. The molecule has 273 valence electrons. The zero-order valence-electron chi connectivity index (χ0n) is 31.4. The van der Waals surface area contributed by atoms with Gasteiger partial charge in [0.05, 0.1) is 24.0 Å². The molecule has 1 unspecified atom stereocenters. The van der Waals surface area contributed by atoms with Crippen LogP contribution in [0.1, 0.15) is 78.8 Å². The van der Waals surface area contributed by atoms with E-state index in [0.717, 1.165) is 77.1 Å². The van der Waals surface area contributed by atoms with Crippen LogP contribution in [0.5, 0.6) is 0 Å². The highest BCUT2D eigenvalue weighted by atomic mass is 16.2. The lowest BCUT2D eigenvalue weighted by molar-refractivity contribution is -0.139. The van der Waals surface area contributed by atoms with Crippen LogP contribution in [0.2, 0.25) is 0 Å². The Morgan fingerprint density at radius 3 is 1.83 bits per heavy atom. The van der Waals surface area contributed by atoms with E-state index in [9.17, 15) is 9.59 Å². The Labute approximate surface area is 314 Å². The lowest BCUT2D eigenvalue weighted by Gasteiger charge is -2.36. The molecule has 0 saturated carbocycles. The van der Waals surface area contributed by atoms with Crippen molar-refractivity contribution in [3.05, 3.63) is 145 Å². The second-order valence-corrected chi connectivity index (χ2v) is 14.9. The number of carbonyl (C=O) groups excluding carboxylic acids is 2. The zero-order chi connectivity index (χ0) is 37.1. The van der Waals surface area contributed by atoms with Gasteiger partial charge in [0, 0.05) is 12.6 Å². The van der Waals surface area contributed by atoms with Crippen LogP contribution in [0.4, 0.5) is 0 Å². The normalized spacial score (nSPS) is 19.9. The quantitative estimate of drug-likeness (QED) is 0.150. The summed E-state index contributed by atoms with van der Waals surface area (Å²) in [5, 5.41) is 0. The highest BCUT2D eigenvalue weighted by Crippen LogP contribution is 2.41. The Morgan fingerprint density at radius 2 is 1.26 bits per heavy atom. The molecule has 8 heteroatoms. The number of aromatic amines is 1.